The van der Waals surface area contributed by atoms with Crippen molar-refractivity contribution in [3.05, 3.63) is 52.1 Å². The first-order valence-electron chi connectivity index (χ1n) is 5.55. The first-order valence-corrected chi connectivity index (χ1v) is 5.55. The van der Waals surface area contributed by atoms with Gasteiger partial charge in [0.25, 0.3) is 0 Å². The number of nitrogens with two attached hydrogens (primary N) is 2. The highest BCUT2D eigenvalue weighted by molar-refractivity contribution is 5.93. The smallest absolute Gasteiger partial charge is 0.311 e. The van der Waals surface area contributed by atoms with Gasteiger partial charge in [-0.05, 0) is 24.3 Å². The fourth-order valence-corrected chi connectivity index (χ4v) is 1.59. The Morgan fingerprint density at radius 2 is 2.05 bits per heavy atom. The number of carbonyl (C=O) groups is 1. The first kappa shape index (κ1) is 13.3. The molecule has 20 heavy (non-hydrogen) atoms. The highest BCUT2D eigenvalue weighted by atomic mass is 16.6. The summed E-state index contributed by atoms with van der Waals surface area (Å²) < 4.78 is 0. The number of pyridine rings is 1. The summed E-state index contributed by atoms with van der Waals surface area (Å²) in [5.41, 5.74) is 11.3. The van der Waals surface area contributed by atoms with Gasteiger partial charge in [0.15, 0.2) is 0 Å². The zero-order chi connectivity index (χ0) is 14.7. The lowest BCUT2D eigenvalue weighted by Gasteiger charge is -2.07. The maximum absolute atomic E-state index is 11.1. The second-order valence-electron chi connectivity index (χ2n) is 3.93. The van der Waals surface area contributed by atoms with Crippen molar-refractivity contribution in [1.29, 1.82) is 0 Å². The van der Waals surface area contributed by atoms with Gasteiger partial charge in [-0.3, -0.25) is 14.9 Å². The van der Waals surface area contributed by atoms with E-state index in [1.807, 2.05) is 0 Å². The summed E-state index contributed by atoms with van der Waals surface area (Å²) in [4.78, 5) is 24.9. The topological polar surface area (TPSA) is 137 Å². The van der Waals surface area contributed by atoms with E-state index in [2.05, 4.69) is 10.3 Å². The molecular formula is C12H11N5O3. The second-order valence-corrected chi connectivity index (χ2v) is 3.93. The quantitative estimate of drug-likeness (QED) is 0.569. The largest absolute Gasteiger partial charge is 0.378 e. The summed E-state index contributed by atoms with van der Waals surface area (Å²) >= 11 is 0. The highest BCUT2D eigenvalue weighted by Gasteiger charge is 2.13. The standard InChI is InChI=1S/C12H11N5O3/c13-11-9(17(19)20)4-5-10(16-11)15-8-3-1-2-7(6-8)12(14)18/h1-6H,(H2,14,18)(H3,13,15,16). The van der Waals surface area contributed by atoms with E-state index < -0.39 is 10.8 Å². The summed E-state index contributed by atoms with van der Waals surface area (Å²) in [6.45, 7) is 0. The van der Waals surface area contributed by atoms with Crippen LogP contribution in [0, 0.1) is 10.1 Å². The van der Waals surface area contributed by atoms with Crippen molar-refractivity contribution in [2.45, 2.75) is 0 Å². The number of hydrogen-bond acceptors (Lipinski definition) is 6. The molecule has 102 valence electrons. The molecule has 0 saturated carbocycles. The predicted octanol–water partition coefficient (Wildman–Crippen LogP) is 1.41. The van der Waals surface area contributed by atoms with Gasteiger partial charge in [-0.2, -0.15) is 0 Å². The van der Waals surface area contributed by atoms with Gasteiger partial charge >= 0.3 is 5.69 Å². The molecule has 0 aliphatic heterocycles. The lowest BCUT2D eigenvalue weighted by atomic mass is 10.2. The molecule has 1 heterocycles. The van der Waals surface area contributed by atoms with Crippen LogP contribution in [0.25, 0.3) is 0 Å². The monoisotopic (exact) mass is 273 g/mol. The number of nitrogens with one attached hydrogen (secondary N) is 1. The number of hydrogen-bond donors (Lipinski definition) is 3. The molecule has 0 fully saturated rings. The van der Waals surface area contributed by atoms with E-state index >= 15 is 0 Å². The molecule has 2 aromatic rings. The number of anilines is 3. The summed E-state index contributed by atoms with van der Waals surface area (Å²) in [5, 5.41) is 13.5. The summed E-state index contributed by atoms with van der Waals surface area (Å²) in [6, 6.07) is 9.14. The van der Waals surface area contributed by atoms with E-state index in [9.17, 15) is 14.9 Å². The van der Waals surface area contributed by atoms with E-state index in [0.717, 1.165) is 0 Å². The van der Waals surface area contributed by atoms with Crippen LogP contribution in [-0.4, -0.2) is 15.8 Å². The van der Waals surface area contributed by atoms with Gasteiger partial charge < -0.3 is 16.8 Å². The average molecular weight is 273 g/mol. The van der Waals surface area contributed by atoms with Crippen LogP contribution < -0.4 is 16.8 Å². The molecule has 8 heteroatoms. The Morgan fingerprint density at radius 1 is 1.30 bits per heavy atom. The van der Waals surface area contributed by atoms with Gasteiger partial charge in [-0.25, -0.2) is 4.98 Å². The summed E-state index contributed by atoms with van der Waals surface area (Å²) in [7, 11) is 0. The molecule has 8 nitrogen and oxygen atoms in total. The minimum Gasteiger partial charge on any atom is -0.378 e. The fourth-order valence-electron chi connectivity index (χ4n) is 1.59. The predicted molar refractivity (Wildman–Crippen MR) is 73.5 cm³/mol. The lowest BCUT2D eigenvalue weighted by Crippen LogP contribution is -2.11. The number of nitrogen functional groups attached to an aromatic ring is 1. The lowest BCUT2D eigenvalue weighted by molar-refractivity contribution is -0.384. The normalized spacial score (nSPS) is 10.0. The van der Waals surface area contributed by atoms with Crippen molar-refractivity contribution < 1.29 is 9.72 Å². The van der Waals surface area contributed by atoms with Crippen LogP contribution in [-0.2, 0) is 0 Å². The summed E-state index contributed by atoms with van der Waals surface area (Å²) in [6.07, 6.45) is 0. The second kappa shape index (κ2) is 5.22. The molecule has 0 spiro atoms. The number of nitrogens with zero attached hydrogens (tertiary/aromatic N) is 2. The molecule has 0 atom stereocenters. The molecule has 2 rings (SSSR count). The van der Waals surface area contributed by atoms with Crippen LogP contribution in [0.5, 0.6) is 0 Å². The highest BCUT2D eigenvalue weighted by Crippen LogP contribution is 2.23. The van der Waals surface area contributed by atoms with Gasteiger partial charge in [-0.1, -0.05) is 6.07 Å². The molecule has 1 aromatic heterocycles. The third kappa shape index (κ3) is 2.80. The number of primary amides is 1. The van der Waals surface area contributed by atoms with E-state index in [-0.39, 0.29) is 11.5 Å². The number of aromatic nitrogens is 1. The van der Waals surface area contributed by atoms with E-state index in [1.165, 1.54) is 12.1 Å². The van der Waals surface area contributed by atoms with Gasteiger partial charge in [0.05, 0.1) is 4.92 Å². The zero-order valence-corrected chi connectivity index (χ0v) is 10.2. The van der Waals surface area contributed by atoms with E-state index in [0.29, 0.717) is 17.1 Å². The van der Waals surface area contributed by atoms with Crippen LogP contribution in [0.3, 0.4) is 0 Å². The molecular weight excluding hydrogens is 262 g/mol. The number of nitro groups is 1. The van der Waals surface area contributed by atoms with Crippen molar-refractivity contribution >= 4 is 28.9 Å². The molecule has 0 radical (unpaired) electrons. The zero-order valence-electron chi connectivity index (χ0n) is 10.2. The maximum Gasteiger partial charge on any atom is 0.311 e. The van der Waals surface area contributed by atoms with E-state index in [4.69, 9.17) is 11.5 Å². The number of rotatable bonds is 4. The Hall–Kier alpha value is -3.16. The fraction of sp³-hybridized carbons (Fsp3) is 0. The molecule has 0 bridgehead atoms. The third-order valence-electron chi connectivity index (χ3n) is 2.52. The number of amides is 1. The molecule has 0 saturated heterocycles. The van der Waals surface area contributed by atoms with Crippen molar-refractivity contribution in [3.8, 4) is 0 Å². The van der Waals surface area contributed by atoms with Crippen molar-refractivity contribution in [2.75, 3.05) is 11.1 Å². The molecule has 0 aliphatic carbocycles. The van der Waals surface area contributed by atoms with E-state index in [1.54, 1.807) is 24.3 Å². The number of carbonyl (C=O) groups excluding carboxylic acids is 1. The molecule has 1 amide bonds. The Bertz CT molecular complexity index is 687. The van der Waals surface area contributed by atoms with Crippen LogP contribution in [0.1, 0.15) is 10.4 Å². The van der Waals surface area contributed by atoms with Crippen molar-refractivity contribution in [3.63, 3.8) is 0 Å². The number of benzene rings is 1. The Kier molecular flexibility index (Phi) is 3.47. The Balaban J connectivity index is 2.26. The molecule has 1 aromatic carbocycles. The van der Waals surface area contributed by atoms with Crippen molar-refractivity contribution in [2.24, 2.45) is 5.73 Å². The minimum atomic E-state index is -0.611. The Morgan fingerprint density at radius 3 is 2.65 bits per heavy atom. The first-order chi connectivity index (χ1) is 9.47. The van der Waals surface area contributed by atoms with Gasteiger partial charge in [0.2, 0.25) is 11.7 Å². The molecule has 5 N–H and O–H groups in total. The average Bonchev–Trinajstić information content (AvgIpc) is 2.38. The van der Waals surface area contributed by atoms with Crippen LogP contribution in [0.15, 0.2) is 36.4 Å². The van der Waals surface area contributed by atoms with Crippen molar-refractivity contribution in [1.82, 2.24) is 4.98 Å². The SMILES string of the molecule is NC(=O)c1cccc(Nc2ccc([N+](=O)[O-])c(N)n2)c1. The van der Waals surface area contributed by atoms with Crippen LogP contribution in [0.2, 0.25) is 0 Å². The maximum atomic E-state index is 11.1. The van der Waals surface area contributed by atoms with Gasteiger partial charge in [0.1, 0.15) is 5.82 Å². The minimum absolute atomic E-state index is 0.189. The third-order valence-corrected chi connectivity index (χ3v) is 2.52. The molecule has 0 aliphatic rings. The summed E-state index contributed by atoms with van der Waals surface area (Å²) in [5.74, 6) is -0.411. The van der Waals surface area contributed by atoms with Gasteiger partial charge in [-0.15, -0.1) is 0 Å². The van der Waals surface area contributed by atoms with Gasteiger partial charge in [0, 0.05) is 17.3 Å². The van der Waals surface area contributed by atoms with Crippen LogP contribution in [0.4, 0.5) is 23.0 Å². The Labute approximate surface area is 113 Å². The molecule has 0 unspecified atom stereocenters. The van der Waals surface area contributed by atoms with Crippen LogP contribution >= 0.6 is 0 Å².